The highest BCUT2D eigenvalue weighted by Crippen LogP contribution is 2.29. The normalized spacial score (nSPS) is 17.3. The first-order valence-electron chi connectivity index (χ1n) is 10.8. The van der Waals surface area contributed by atoms with Crippen molar-refractivity contribution in [1.29, 1.82) is 0 Å². The fraction of sp³-hybridized carbons (Fsp3) is 0.174. The average molecular weight is 473 g/mol. The first kappa shape index (κ1) is 21.0. The van der Waals surface area contributed by atoms with Crippen LogP contribution in [0.4, 0.5) is 11.6 Å². The molecular weight excluding hydrogens is 454 g/mol. The van der Waals surface area contributed by atoms with E-state index in [1.165, 1.54) is 11.0 Å². The molecule has 5 aromatic rings. The highest BCUT2D eigenvalue weighted by atomic mass is 16.5. The Hall–Kier alpha value is -4.55. The third kappa shape index (κ3) is 3.43. The predicted octanol–water partition coefficient (Wildman–Crippen LogP) is 1.30. The Balaban J connectivity index is 1.31. The molecule has 5 heterocycles. The van der Waals surface area contributed by atoms with Gasteiger partial charge in [0.2, 0.25) is 0 Å². The number of carbonyl (C=O) groups is 1. The van der Waals surface area contributed by atoms with Crippen molar-refractivity contribution in [3.8, 4) is 5.69 Å². The van der Waals surface area contributed by atoms with Gasteiger partial charge in [-0.1, -0.05) is 0 Å². The molecule has 1 fully saturated rings. The molecule has 1 saturated heterocycles. The number of aromatic nitrogens is 5. The Morgan fingerprint density at radius 3 is 2.83 bits per heavy atom. The smallest absolute Gasteiger partial charge is 0.260 e. The Kier molecular flexibility index (Phi) is 4.83. The van der Waals surface area contributed by atoms with Crippen LogP contribution in [0.3, 0.4) is 0 Å². The van der Waals surface area contributed by atoms with E-state index in [-0.39, 0.29) is 35.6 Å². The van der Waals surface area contributed by atoms with Crippen LogP contribution in [-0.2, 0) is 9.53 Å². The third-order valence-electron chi connectivity index (χ3n) is 5.95. The Bertz CT molecular complexity index is 1620. The maximum atomic E-state index is 13.3. The molecule has 0 saturated carbocycles. The molecule has 0 spiro atoms. The molecule has 1 aromatic carbocycles. The second-order valence-electron chi connectivity index (χ2n) is 8.05. The van der Waals surface area contributed by atoms with E-state index in [1.54, 1.807) is 53.6 Å². The summed E-state index contributed by atoms with van der Waals surface area (Å²) in [5.74, 6) is 0.220. The number of amides is 1. The van der Waals surface area contributed by atoms with Gasteiger partial charge in [0.25, 0.3) is 5.91 Å². The second kappa shape index (κ2) is 8.04. The number of nitrogens with zero attached hydrogens (tertiary/aromatic N) is 5. The molecule has 176 valence electrons. The van der Waals surface area contributed by atoms with Crippen molar-refractivity contribution in [2.75, 3.05) is 23.8 Å². The van der Waals surface area contributed by atoms with Crippen LogP contribution in [-0.4, -0.2) is 55.2 Å². The summed E-state index contributed by atoms with van der Waals surface area (Å²) in [5.41, 5.74) is 6.79. The number of H-pyrrole nitrogens is 1. The van der Waals surface area contributed by atoms with Crippen molar-refractivity contribution in [2.45, 2.75) is 12.2 Å². The Labute approximate surface area is 196 Å². The van der Waals surface area contributed by atoms with Crippen LogP contribution in [0.1, 0.15) is 11.8 Å². The number of nitrogens with one attached hydrogen (secondary N) is 1. The molecule has 1 aliphatic rings. The summed E-state index contributed by atoms with van der Waals surface area (Å²) in [6.45, 7) is 0.442. The molecule has 0 radical (unpaired) electrons. The maximum Gasteiger partial charge on any atom is 0.260 e. The number of nitrogens with two attached hydrogens (primary N) is 1. The third-order valence-corrected chi connectivity index (χ3v) is 5.95. The number of benzene rings is 1. The fourth-order valence-electron chi connectivity index (χ4n) is 4.23. The molecule has 35 heavy (non-hydrogen) atoms. The number of anilines is 2. The van der Waals surface area contributed by atoms with Crippen LogP contribution in [0, 0.1) is 0 Å². The van der Waals surface area contributed by atoms with Gasteiger partial charge >= 0.3 is 0 Å². The molecule has 6 rings (SSSR count). The lowest BCUT2D eigenvalue weighted by Gasteiger charge is -2.33. The van der Waals surface area contributed by atoms with E-state index >= 15 is 0 Å². The van der Waals surface area contributed by atoms with Crippen molar-refractivity contribution in [3.05, 3.63) is 70.9 Å². The van der Waals surface area contributed by atoms with Gasteiger partial charge in [0, 0.05) is 30.7 Å². The van der Waals surface area contributed by atoms with E-state index in [4.69, 9.17) is 15.0 Å². The van der Waals surface area contributed by atoms with Crippen LogP contribution in [0.2, 0.25) is 0 Å². The van der Waals surface area contributed by atoms with E-state index in [2.05, 4.69) is 20.2 Å². The van der Waals surface area contributed by atoms with Gasteiger partial charge in [-0.25, -0.2) is 14.8 Å². The molecule has 1 amide bonds. The Morgan fingerprint density at radius 1 is 1.17 bits per heavy atom. The first-order chi connectivity index (χ1) is 17.0. The van der Waals surface area contributed by atoms with E-state index in [1.807, 2.05) is 0 Å². The second-order valence-corrected chi connectivity index (χ2v) is 8.05. The minimum atomic E-state index is -1.46. The highest BCUT2D eigenvalue weighted by Gasteiger charge is 2.38. The van der Waals surface area contributed by atoms with Crippen LogP contribution in [0.5, 0.6) is 0 Å². The summed E-state index contributed by atoms with van der Waals surface area (Å²) in [5, 5.41) is 18.8. The number of ether oxygens (including phenoxy) is 1. The first-order valence-corrected chi connectivity index (χ1v) is 10.8. The van der Waals surface area contributed by atoms with E-state index in [0.717, 1.165) is 5.69 Å². The van der Waals surface area contributed by atoms with Gasteiger partial charge in [-0.05, 0) is 24.3 Å². The van der Waals surface area contributed by atoms with Gasteiger partial charge in [-0.15, -0.1) is 5.10 Å². The van der Waals surface area contributed by atoms with Crippen molar-refractivity contribution < 1.29 is 19.2 Å². The summed E-state index contributed by atoms with van der Waals surface area (Å²) in [6.07, 6.45) is 2.30. The number of aliphatic hydroxyl groups excluding tert-OH is 1. The summed E-state index contributed by atoms with van der Waals surface area (Å²) in [7, 11) is 0. The van der Waals surface area contributed by atoms with E-state index in [0.29, 0.717) is 16.7 Å². The van der Waals surface area contributed by atoms with Crippen LogP contribution >= 0.6 is 0 Å². The van der Waals surface area contributed by atoms with Crippen molar-refractivity contribution in [1.82, 2.24) is 24.9 Å². The van der Waals surface area contributed by atoms with Crippen LogP contribution in [0.25, 0.3) is 27.6 Å². The number of aliphatic hydroxyl groups is 1. The number of rotatable bonds is 4. The zero-order chi connectivity index (χ0) is 24.1. The number of nitrogen functional groups attached to an aromatic ring is 1. The maximum absolute atomic E-state index is 13.3. The zero-order valence-corrected chi connectivity index (χ0v) is 18.2. The molecule has 2 atom stereocenters. The van der Waals surface area contributed by atoms with Crippen molar-refractivity contribution in [2.24, 2.45) is 0 Å². The van der Waals surface area contributed by atoms with Gasteiger partial charge in [-0.2, -0.15) is 0 Å². The molecule has 4 aromatic heterocycles. The molecule has 12 heteroatoms. The van der Waals surface area contributed by atoms with Gasteiger partial charge in [-0.3, -0.25) is 19.5 Å². The molecule has 0 bridgehead atoms. The topological polar surface area (TPSA) is 165 Å². The monoisotopic (exact) mass is 473 g/mol. The largest absolute Gasteiger partial charge is 0.383 e. The lowest BCUT2D eigenvalue weighted by atomic mass is 10.0. The van der Waals surface area contributed by atoms with Gasteiger partial charge in [0.1, 0.15) is 11.9 Å². The number of aromatic amines is 1. The number of carbonyl (C=O) groups excluding carboxylic acids is 1. The fourth-order valence-corrected chi connectivity index (χ4v) is 4.23. The van der Waals surface area contributed by atoms with Crippen molar-refractivity contribution in [3.63, 3.8) is 0 Å². The summed E-state index contributed by atoms with van der Waals surface area (Å²) in [4.78, 5) is 36.0. The predicted molar refractivity (Wildman–Crippen MR) is 125 cm³/mol. The van der Waals surface area contributed by atoms with Crippen LogP contribution < -0.4 is 16.1 Å². The Morgan fingerprint density at radius 2 is 2.00 bits per heavy atom. The molecule has 4 N–H and O–H groups in total. The number of pyridine rings is 2. The molecule has 0 aliphatic carbocycles. The van der Waals surface area contributed by atoms with E-state index in [9.17, 15) is 14.7 Å². The summed E-state index contributed by atoms with van der Waals surface area (Å²) < 4.78 is 12.6. The van der Waals surface area contributed by atoms with Crippen molar-refractivity contribution >= 4 is 39.4 Å². The average Bonchev–Trinajstić information content (AvgIpc) is 3.51. The minimum absolute atomic E-state index is 0.0212. The van der Waals surface area contributed by atoms with Gasteiger partial charge in [0.05, 0.1) is 40.8 Å². The zero-order valence-electron chi connectivity index (χ0n) is 18.2. The SMILES string of the molecule is Nc1[nH]oc2c1ccc1nc(C(O)[C@H]3OCCN(c4ccn(-c5ccncc5)n4)C3=O)cc(=O)c12. The lowest BCUT2D eigenvalue weighted by molar-refractivity contribution is -0.143. The number of hydrogen-bond donors (Lipinski definition) is 3. The minimum Gasteiger partial charge on any atom is -0.383 e. The van der Waals surface area contributed by atoms with Gasteiger partial charge < -0.3 is 20.1 Å². The lowest BCUT2D eigenvalue weighted by Crippen LogP contribution is -2.50. The molecule has 1 unspecified atom stereocenters. The van der Waals surface area contributed by atoms with E-state index < -0.39 is 23.5 Å². The standard InChI is InChI=1S/C23H19N7O5/c24-22-13-1-2-14-18(20(13)35-28-22)16(31)11-15(26-14)19(32)21-23(33)29(9-10-34-21)17-5-8-30(27-17)12-3-6-25-7-4-12/h1-8,11,19,21,28,32H,9-10,24H2/t19?,21-/m1/s1. The molecular formula is C23H19N7O5. The quantitative estimate of drug-likeness (QED) is 0.349. The number of morpholine rings is 1. The van der Waals surface area contributed by atoms with Crippen LogP contribution in [0.15, 0.2) is 64.3 Å². The highest BCUT2D eigenvalue weighted by molar-refractivity contribution is 6.05. The summed E-state index contributed by atoms with van der Waals surface area (Å²) in [6, 6.07) is 9.74. The number of hydrogen-bond acceptors (Lipinski definition) is 9. The molecule has 1 aliphatic heterocycles. The van der Waals surface area contributed by atoms with Gasteiger partial charge in [0.15, 0.2) is 22.9 Å². The number of fused-ring (bicyclic) bond motifs is 3. The summed E-state index contributed by atoms with van der Waals surface area (Å²) >= 11 is 0. The molecule has 12 nitrogen and oxygen atoms in total.